The zero-order valence-electron chi connectivity index (χ0n) is 27.4. The van der Waals surface area contributed by atoms with Crippen LogP contribution in [0.25, 0.3) is 10.9 Å². The van der Waals surface area contributed by atoms with Gasteiger partial charge in [-0.1, -0.05) is 66.2 Å². The number of benzene rings is 3. The fourth-order valence-electron chi connectivity index (χ4n) is 7.32. The Morgan fingerprint density at radius 3 is 2.55 bits per heavy atom. The second-order valence-electron chi connectivity index (χ2n) is 13.9. The topological polar surface area (TPSA) is 91.3 Å². The van der Waals surface area contributed by atoms with Crippen LogP contribution < -0.4 is 21.6 Å². The van der Waals surface area contributed by atoms with Gasteiger partial charge in [-0.15, -0.1) is 5.53 Å². The Morgan fingerprint density at radius 1 is 1.02 bits per heavy atom. The van der Waals surface area contributed by atoms with E-state index in [2.05, 4.69) is 124 Å². The molecule has 0 unspecified atom stereocenters. The standard InChI is InChI=1S/C38H43ClN8/c1-38(2,3)46-18-16-29(17-19-46)47-24-34(44-45-47)36(26-11-5-4-6-12-26)42-28-20-31-35(27(22-40)23-41-37(31)32(39)21-28)43-33-15-9-13-25-10-7-8-14-30(25)33/h4-8,10-12,14,20-21,23-24,29,33,36,42,44-45H,9,13,15-19H2,1-3H3,(H,41,43)/t33-,36+/m1/s1. The molecule has 2 atom stereocenters. The summed E-state index contributed by atoms with van der Waals surface area (Å²) >= 11 is 6.94. The monoisotopic (exact) mass is 646 g/mol. The third-order valence-electron chi connectivity index (χ3n) is 9.90. The van der Waals surface area contributed by atoms with Gasteiger partial charge in [-0.2, -0.15) is 5.26 Å². The SMILES string of the molecule is CC(C)(C)N1CCC(N2C=C([C@@H](Nc3cc(Cl)c4ncc(C#N)c(N[C@@H]5CCCc6ccccc65)c4c3)c3ccccc3)NN2)CC1. The van der Waals surface area contributed by atoms with E-state index in [4.69, 9.17) is 11.6 Å². The molecule has 0 radical (unpaired) electrons. The third kappa shape index (κ3) is 6.48. The lowest BCUT2D eigenvalue weighted by Crippen LogP contribution is -2.52. The first kappa shape index (κ1) is 31.3. The van der Waals surface area contributed by atoms with Crippen LogP contribution in [0.4, 0.5) is 11.4 Å². The molecule has 3 aromatic carbocycles. The molecule has 7 rings (SSSR count). The third-order valence-corrected chi connectivity index (χ3v) is 10.2. The van der Waals surface area contributed by atoms with E-state index in [0.717, 1.165) is 73.2 Å². The Morgan fingerprint density at radius 2 is 1.79 bits per heavy atom. The molecule has 1 fully saturated rings. The van der Waals surface area contributed by atoms with Crippen molar-refractivity contribution in [2.24, 2.45) is 0 Å². The van der Waals surface area contributed by atoms with Crippen molar-refractivity contribution in [1.29, 1.82) is 5.26 Å². The lowest BCUT2D eigenvalue weighted by atomic mass is 9.87. The number of aryl methyl sites for hydroxylation is 1. The van der Waals surface area contributed by atoms with Gasteiger partial charge in [0.2, 0.25) is 0 Å². The van der Waals surface area contributed by atoms with Gasteiger partial charge in [-0.25, -0.2) is 0 Å². The van der Waals surface area contributed by atoms with Crippen molar-refractivity contribution in [3.05, 3.63) is 112 Å². The Kier molecular flexibility index (Phi) is 8.71. The summed E-state index contributed by atoms with van der Waals surface area (Å²) < 4.78 is 0. The number of aromatic nitrogens is 1. The fraction of sp³-hybridized carbons (Fsp3) is 0.368. The molecule has 4 aromatic rings. The summed E-state index contributed by atoms with van der Waals surface area (Å²) in [6.07, 6.45) is 9.17. The molecule has 242 valence electrons. The van der Waals surface area contributed by atoms with E-state index < -0.39 is 0 Å². The Labute approximate surface area is 282 Å². The maximum absolute atomic E-state index is 10.2. The largest absolute Gasteiger partial charge is 0.377 e. The van der Waals surface area contributed by atoms with Gasteiger partial charge in [0.25, 0.3) is 0 Å². The summed E-state index contributed by atoms with van der Waals surface area (Å²) in [7, 11) is 0. The van der Waals surface area contributed by atoms with Gasteiger partial charge in [-0.05, 0) is 81.7 Å². The average Bonchev–Trinajstić information content (AvgIpc) is 3.58. The first-order valence-corrected chi connectivity index (χ1v) is 17.1. The van der Waals surface area contributed by atoms with E-state index in [9.17, 15) is 5.26 Å². The van der Waals surface area contributed by atoms with Crippen molar-refractivity contribution in [2.45, 2.75) is 76.5 Å². The summed E-state index contributed by atoms with van der Waals surface area (Å²) in [6, 6.07) is 25.7. The average molecular weight is 647 g/mol. The van der Waals surface area contributed by atoms with Crippen LogP contribution in [0.5, 0.6) is 0 Å². The van der Waals surface area contributed by atoms with Crippen molar-refractivity contribution in [1.82, 2.24) is 25.9 Å². The smallest absolute Gasteiger partial charge is 0.103 e. The van der Waals surface area contributed by atoms with Crippen LogP contribution >= 0.6 is 11.6 Å². The van der Waals surface area contributed by atoms with Crippen molar-refractivity contribution < 1.29 is 0 Å². The second kappa shape index (κ2) is 13.1. The van der Waals surface area contributed by atoms with E-state index in [1.807, 2.05) is 12.1 Å². The van der Waals surface area contributed by atoms with Crippen LogP contribution in [-0.2, 0) is 6.42 Å². The molecule has 47 heavy (non-hydrogen) atoms. The number of nitrogens with zero attached hydrogens (tertiary/aromatic N) is 4. The van der Waals surface area contributed by atoms with E-state index in [0.29, 0.717) is 22.1 Å². The van der Waals surface area contributed by atoms with Gasteiger partial charge in [0.1, 0.15) is 6.07 Å². The molecule has 1 aliphatic carbocycles. The predicted molar refractivity (Wildman–Crippen MR) is 191 cm³/mol. The molecule has 1 aromatic heterocycles. The van der Waals surface area contributed by atoms with Crippen LogP contribution in [0.3, 0.4) is 0 Å². The Bertz CT molecular complexity index is 1820. The number of pyridine rings is 1. The normalized spacial score (nSPS) is 19.4. The van der Waals surface area contributed by atoms with Gasteiger partial charge in [0.15, 0.2) is 0 Å². The first-order chi connectivity index (χ1) is 22.8. The van der Waals surface area contributed by atoms with Crippen LogP contribution in [0.1, 0.15) is 80.8 Å². The van der Waals surface area contributed by atoms with E-state index >= 15 is 0 Å². The number of halogens is 1. The first-order valence-electron chi connectivity index (χ1n) is 16.7. The molecule has 0 saturated carbocycles. The lowest BCUT2D eigenvalue weighted by Gasteiger charge is -2.42. The highest BCUT2D eigenvalue weighted by Crippen LogP contribution is 2.39. The van der Waals surface area contributed by atoms with Gasteiger partial charge in [0, 0.05) is 48.1 Å². The number of anilines is 2. The maximum Gasteiger partial charge on any atom is 0.103 e. The fourth-order valence-corrected chi connectivity index (χ4v) is 7.58. The second-order valence-corrected chi connectivity index (χ2v) is 14.3. The molecule has 0 spiro atoms. The number of nitrogens with one attached hydrogen (secondary N) is 4. The molecule has 3 aliphatic rings. The van der Waals surface area contributed by atoms with Crippen LogP contribution in [-0.4, -0.2) is 39.6 Å². The lowest BCUT2D eigenvalue weighted by molar-refractivity contribution is 0.0570. The number of fused-ring (bicyclic) bond motifs is 2. The number of hydrogen-bond acceptors (Lipinski definition) is 8. The number of hydrogen-bond donors (Lipinski definition) is 4. The van der Waals surface area contributed by atoms with Crippen molar-refractivity contribution in [3.63, 3.8) is 0 Å². The highest BCUT2D eigenvalue weighted by molar-refractivity contribution is 6.35. The highest BCUT2D eigenvalue weighted by atomic mass is 35.5. The Hall–Kier alpha value is -4.29. The summed E-state index contributed by atoms with van der Waals surface area (Å²) in [5.41, 5.74) is 14.7. The quantitative estimate of drug-likeness (QED) is 0.162. The van der Waals surface area contributed by atoms with Crippen molar-refractivity contribution in [2.75, 3.05) is 23.7 Å². The van der Waals surface area contributed by atoms with Gasteiger partial charge in [0.05, 0.1) is 39.6 Å². The molecular weight excluding hydrogens is 604 g/mol. The Balaban J connectivity index is 1.20. The molecule has 9 heteroatoms. The van der Waals surface area contributed by atoms with Crippen molar-refractivity contribution in [3.8, 4) is 6.07 Å². The molecular formula is C38H43ClN8. The summed E-state index contributed by atoms with van der Waals surface area (Å²) in [6.45, 7) is 9.03. The highest BCUT2D eigenvalue weighted by Gasteiger charge is 2.32. The number of hydrazine groups is 2. The number of likely N-dealkylation sites (tertiary alicyclic amines) is 1. The van der Waals surface area contributed by atoms with Crippen molar-refractivity contribution >= 4 is 33.9 Å². The maximum atomic E-state index is 10.2. The van der Waals surface area contributed by atoms with E-state index in [-0.39, 0.29) is 17.6 Å². The van der Waals surface area contributed by atoms with E-state index in [1.165, 1.54) is 11.1 Å². The van der Waals surface area contributed by atoms with Crippen LogP contribution in [0.15, 0.2) is 84.8 Å². The van der Waals surface area contributed by atoms with Crippen LogP contribution in [0, 0.1) is 11.3 Å². The summed E-state index contributed by atoms with van der Waals surface area (Å²) in [5, 5.41) is 21.3. The number of nitriles is 1. The summed E-state index contributed by atoms with van der Waals surface area (Å²) in [4.78, 5) is 7.19. The minimum absolute atomic E-state index is 0.102. The minimum atomic E-state index is -0.175. The predicted octanol–water partition coefficient (Wildman–Crippen LogP) is 7.83. The molecule has 4 N–H and O–H groups in total. The zero-order valence-corrected chi connectivity index (χ0v) is 28.1. The minimum Gasteiger partial charge on any atom is -0.377 e. The zero-order chi connectivity index (χ0) is 32.5. The molecule has 3 heterocycles. The number of piperidine rings is 1. The molecule has 0 amide bonds. The molecule has 0 bridgehead atoms. The molecule has 2 aliphatic heterocycles. The van der Waals surface area contributed by atoms with Gasteiger partial charge < -0.3 is 16.1 Å². The van der Waals surface area contributed by atoms with Gasteiger partial charge >= 0.3 is 0 Å². The van der Waals surface area contributed by atoms with E-state index in [1.54, 1.807) is 6.20 Å². The molecule has 1 saturated heterocycles. The van der Waals surface area contributed by atoms with Gasteiger partial charge in [-0.3, -0.25) is 14.9 Å². The summed E-state index contributed by atoms with van der Waals surface area (Å²) in [5.74, 6) is 0. The van der Waals surface area contributed by atoms with Crippen LogP contribution in [0.2, 0.25) is 5.02 Å². The molecule has 8 nitrogen and oxygen atoms in total. The number of rotatable bonds is 7.